The van der Waals surface area contributed by atoms with E-state index in [1.165, 1.54) is 0 Å². The van der Waals surface area contributed by atoms with Crippen molar-refractivity contribution in [1.29, 1.82) is 0 Å². The Bertz CT molecular complexity index is 299. The molecule has 0 aromatic carbocycles. The third-order valence-electron chi connectivity index (χ3n) is 1.88. The summed E-state index contributed by atoms with van der Waals surface area (Å²) in [4.78, 5) is 3.89. The van der Waals surface area contributed by atoms with Crippen LogP contribution in [0.4, 0.5) is 0 Å². The second kappa shape index (κ2) is 3.62. The Kier molecular flexibility index (Phi) is 2.49. The lowest BCUT2D eigenvalue weighted by molar-refractivity contribution is -0.374. The van der Waals surface area contributed by atoms with Crippen molar-refractivity contribution < 1.29 is 9.47 Å². The van der Waals surface area contributed by atoms with Gasteiger partial charge in [-0.2, -0.15) is 0 Å². The zero-order valence-corrected chi connectivity index (χ0v) is 7.99. The molecule has 0 unspecified atom stereocenters. The number of ether oxygens (including phenoxy) is 2. The van der Waals surface area contributed by atoms with E-state index in [1.54, 1.807) is 6.20 Å². The highest BCUT2D eigenvalue weighted by Crippen LogP contribution is 2.20. The smallest absolute Gasteiger partial charge is 0.167 e. The minimum Gasteiger partial charge on any atom is -0.324 e. The summed E-state index contributed by atoms with van der Waals surface area (Å²) in [5, 5.41) is 0.505. The Balaban J connectivity index is 1.94. The Morgan fingerprint density at radius 1 is 1.54 bits per heavy atom. The first kappa shape index (κ1) is 8.94. The molecular weight excluding hydrogens is 190 g/mol. The van der Waals surface area contributed by atoms with Gasteiger partial charge < -0.3 is 9.47 Å². The van der Waals surface area contributed by atoms with Gasteiger partial charge in [0.1, 0.15) is 5.15 Å². The molecule has 1 aromatic rings. The van der Waals surface area contributed by atoms with Gasteiger partial charge in [-0.05, 0) is 24.6 Å². The number of pyridine rings is 1. The lowest BCUT2D eigenvalue weighted by atomic mass is 10.2. The van der Waals surface area contributed by atoms with E-state index in [0.717, 1.165) is 12.0 Å². The number of rotatable bonds is 2. The van der Waals surface area contributed by atoms with Crippen LogP contribution in [0.15, 0.2) is 18.3 Å². The van der Waals surface area contributed by atoms with E-state index in [-0.39, 0.29) is 12.6 Å². The van der Waals surface area contributed by atoms with Gasteiger partial charge in [-0.25, -0.2) is 4.98 Å². The van der Waals surface area contributed by atoms with Crippen LogP contribution in [0.3, 0.4) is 0 Å². The van der Waals surface area contributed by atoms with Crippen molar-refractivity contribution in [2.45, 2.75) is 25.9 Å². The van der Waals surface area contributed by atoms with Gasteiger partial charge in [0.15, 0.2) is 12.6 Å². The number of nitrogens with zero attached hydrogens (tertiary/aromatic N) is 1. The van der Waals surface area contributed by atoms with Gasteiger partial charge >= 0.3 is 0 Å². The van der Waals surface area contributed by atoms with Gasteiger partial charge in [-0.15, -0.1) is 0 Å². The second-order valence-corrected chi connectivity index (χ2v) is 3.35. The molecule has 0 bridgehead atoms. The van der Waals surface area contributed by atoms with Crippen LogP contribution in [-0.2, 0) is 15.9 Å². The van der Waals surface area contributed by atoms with E-state index in [0.29, 0.717) is 5.15 Å². The average Bonchev–Trinajstić information content (AvgIpc) is 2.01. The maximum absolute atomic E-state index is 5.73. The van der Waals surface area contributed by atoms with E-state index < -0.39 is 0 Å². The molecule has 70 valence electrons. The molecule has 1 saturated heterocycles. The van der Waals surface area contributed by atoms with Gasteiger partial charge in [0.05, 0.1) is 0 Å². The largest absolute Gasteiger partial charge is 0.324 e. The maximum atomic E-state index is 5.73. The van der Waals surface area contributed by atoms with Crippen LogP contribution in [0.5, 0.6) is 0 Å². The van der Waals surface area contributed by atoms with Crippen LogP contribution >= 0.6 is 11.6 Å². The van der Waals surface area contributed by atoms with Gasteiger partial charge in [0.2, 0.25) is 0 Å². The van der Waals surface area contributed by atoms with Gasteiger partial charge in [0.25, 0.3) is 0 Å². The molecule has 1 fully saturated rings. The molecule has 3 nitrogen and oxygen atoms in total. The SMILES string of the molecule is CC1OC(Cc2ccnc(Cl)c2)O1. The molecule has 1 aliphatic rings. The summed E-state index contributed by atoms with van der Waals surface area (Å²) in [6, 6.07) is 3.72. The average molecular weight is 200 g/mol. The van der Waals surface area contributed by atoms with E-state index >= 15 is 0 Å². The highest BCUT2D eigenvalue weighted by Gasteiger charge is 2.26. The molecule has 0 saturated carbocycles. The Labute approximate surface area is 81.6 Å². The van der Waals surface area contributed by atoms with Crippen molar-refractivity contribution in [2.24, 2.45) is 0 Å². The summed E-state index contributed by atoms with van der Waals surface area (Å²) < 4.78 is 10.6. The highest BCUT2D eigenvalue weighted by molar-refractivity contribution is 6.29. The Morgan fingerprint density at radius 2 is 2.31 bits per heavy atom. The number of hydrogen-bond acceptors (Lipinski definition) is 3. The molecule has 1 aliphatic heterocycles. The Hall–Kier alpha value is -0.640. The molecule has 13 heavy (non-hydrogen) atoms. The zero-order valence-electron chi connectivity index (χ0n) is 7.24. The monoisotopic (exact) mass is 199 g/mol. The molecule has 0 N–H and O–H groups in total. The van der Waals surface area contributed by atoms with E-state index in [9.17, 15) is 0 Å². The molecule has 2 rings (SSSR count). The van der Waals surface area contributed by atoms with Crippen LogP contribution in [0.1, 0.15) is 12.5 Å². The number of halogens is 1. The van der Waals surface area contributed by atoms with Crippen LogP contribution in [0.2, 0.25) is 5.15 Å². The van der Waals surface area contributed by atoms with Crippen molar-refractivity contribution in [2.75, 3.05) is 0 Å². The minimum absolute atomic E-state index is 0.0673. The molecule has 0 radical (unpaired) electrons. The molecule has 1 aromatic heterocycles. The van der Waals surface area contributed by atoms with E-state index in [4.69, 9.17) is 21.1 Å². The van der Waals surface area contributed by atoms with Gasteiger partial charge in [0, 0.05) is 12.6 Å². The molecule has 0 amide bonds. The second-order valence-electron chi connectivity index (χ2n) is 2.96. The van der Waals surface area contributed by atoms with Crippen LogP contribution in [-0.4, -0.2) is 17.6 Å². The lowest BCUT2D eigenvalue weighted by Crippen LogP contribution is -2.40. The van der Waals surface area contributed by atoms with Crippen molar-refractivity contribution in [1.82, 2.24) is 4.98 Å². The first-order valence-electron chi connectivity index (χ1n) is 4.15. The maximum Gasteiger partial charge on any atom is 0.167 e. The topological polar surface area (TPSA) is 31.4 Å². The lowest BCUT2D eigenvalue weighted by Gasteiger charge is -2.33. The summed E-state index contributed by atoms with van der Waals surface area (Å²) >= 11 is 5.73. The molecule has 0 aliphatic carbocycles. The van der Waals surface area contributed by atoms with Crippen LogP contribution < -0.4 is 0 Å². The van der Waals surface area contributed by atoms with Crippen molar-refractivity contribution in [3.63, 3.8) is 0 Å². The standard InChI is InChI=1S/C9H10ClNO2/c1-6-12-9(13-6)5-7-2-3-11-8(10)4-7/h2-4,6,9H,5H2,1H3. The predicted molar refractivity (Wildman–Crippen MR) is 48.4 cm³/mol. The van der Waals surface area contributed by atoms with Crippen molar-refractivity contribution >= 4 is 11.6 Å². The van der Waals surface area contributed by atoms with E-state index in [1.807, 2.05) is 19.1 Å². The summed E-state index contributed by atoms with van der Waals surface area (Å²) in [5.74, 6) is 0. The molecule has 2 heterocycles. The summed E-state index contributed by atoms with van der Waals surface area (Å²) in [7, 11) is 0. The predicted octanol–water partition coefficient (Wildman–Crippen LogP) is 2.00. The first-order chi connectivity index (χ1) is 6.24. The van der Waals surface area contributed by atoms with Crippen LogP contribution in [0.25, 0.3) is 0 Å². The third kappa shape index (κ3) is 2.18. The van der Waals surface area contributed by atoms with Crippen molar-refractivity contribution in [3.8, 4) is 0 Å². The normalized spacial score (nSPS) is 26.9. The summed E-state index contributed by atoms with van der Waals surface area (Å²) in [6.45, 7) is 1.87. The molecular formula is C9H10ClNO2. The summed E-state index contributed by atoms with van der Waals surface area (Å²) in [5.41, 5.74) is 1.08. The summed E-state index contributed by atoms with van der Waals surface area (Å²) in [6.07, 6.45) is 2.22. The minimum atomic E-state index is -0.117. The number of aromatic nitrogens is 1. The quantitative estimate of drug-likeness (QED) is 0.683. The third-order valence-corrected chi connectivity index (χ3v) is 2.09. The van der Waals surface area contributed by atoms with Gasteiger partial charge in [-0.3, -0.25) is 0 Å². The molecule has 4 heteroatoms. The fourth-order valence-corrected chi connectivity index (χ4v) is 1.49. The fraction of sp³-hybridized carbons (Fsp3) is 0.444. The highest BCUT2D eigenvalue weighted by atomic mass is 35.5. The zero-order chi connectivity index (χ0) is 9.26. The van der Waals surface area contributed by atoms with Gasteiger partial charge in [-0.1, -0.05) is 11.6 Å². The fourth-order valence-electron chi connectivity index (χ4n) is 1.30. The molecule has 0 atom stereocenters. The number of hydrogen-bond donors (Lipinski definition) is 0. The first-order valence-corrected chi connectivity index (χ1v) is 4.53. The van der Waals surface area contributed by atoms with E-state index in [2.05, 4.69) is 4.98 Å². The molecule has 0 spiro atoms. The van der Waals surface area contributed by atoms with Crippen molar-refractivity contribution in [3.05, 3.63) is 29.0 Å². The van der Waals surface area contributed by atoms with Crippen LogP contribution in [0, 0.1) is 0 Å². The Morgan fingerprint density at radius 3 is 2.92 bits per heavy atom.